The van der Waals surface area contributed by atoms with Crippen molar-refractivity contribution in [1.29, 1.82) is 0 Å². The lowest BCUT2D eigenvalue weighted by Gasteiger charge is -2.17. The Morgan fingerprint density at radius 2 is 1.57 bits per heavy atom. The molecule has 1 aliphatic carbocycles. The normalized spacial score (nSPS) is 13.5. The lowest BCUT2D eigenvalue weighted by Crippen LogP contribution is -2.05. The van der Waals surface area contributed by atoms with Gasteiger partial charge in [-0.2, -0.15) is 0 Å². The van der Waals surface area contributed by atoms with E-state index in [1.807, 2.05) is 0 Å². The van der Waals surface area contributed by atoms with Crippen LogP contribution < -0.4 is 0 Å². The molecule has 0 saturated carbocycles. The Morgan fingerprint density at radius 1 is 0.857 bits per heavy atom. The molecule has 0 fully saturated rings. The van der Waals surface area contributed by atoms with E-state index in [4.69, 9.17) is 9.98 Å². The van der Waals surface area contributed by atoms with E-state index in [1.165, 1.54) is 27.8 Å². The molecule has 0 spiro atoms. The number of aromatic nitrogens is 1. The minimum atomic E-state index is 0.389. The summed E-state index contributed by atoms with van der Waals surface area (Å²) >= 11 is 1.69. The van der Waals surface area contributed by atoms with Crippen LogP contribution >= 0.6 is 11.3 Å². The zero-order valence-electron chi connectivity index (χ0n) is 21.0. The highest BCUT2D eigenvalue weighted by atomic mass is 32.1. The molecule has 0 bridgehead atoms. The van der Waals surface area contributed by atoms with Crippen LogP contribution in [0.5, 0.6) is 0 Å². The third-order valence-corrected chi connectivity index (χ3v) is 7.52. The molecule has 35 heavy (non-hydrogen) atoms. The Hall–Kier alpha value is -3.30. The van der Waals surface area contributed by atoms with Gasteiger partial charge in [0.2, 0.25) is 0 Å². The largest absolute Gasteiger partial charge is 0.245 e. The van der Waals surface area contributed by atoms with E-state index in [-0.39, 0.29) is 0 Å². The predicted molar refractivity (Wildman–Crippen MR) is 151 cm³/mol. The first-order valence-electron chi connectivity index (χ1n) is 12.5. The van der Waals surface area contributed by atoms with Crippen molar-refractivity contribution in [2.45, 2.75) is 52.4 Å². The van der Waals surface area contributed by atoms with Crippen molar-refractivity contribution >= 4 is 28.8 Å². The molecule has 4 aromatic rings. The quantitative estimate of drug-likeness (QED) is 0.255. The molecule has 176 valence electrons. The molecular weight excluding hydrogens is 444 g/mol. The second-order valence-electron chi connectivity index (χ2n) is 9.77. The molecule has 5 rings (SSSR count). The molecule has 0 amide bonds. The van der Waals surface area contributed by atoms with Crippen LogP contribution in [0.15, 0.2) is 83.2 Å². The highest BCUT2D eigenvalue weighted by Gasteiger charge is 2.19. The van der Waals surface area contributed by atoms with Gasteiger partial charge >= 0.3 is 0 Å². The highest BCUT2D eigenvalue weighted by Crippen LogP contribution is 2.37. The molecule has 0 radical (unpaired) electrons. The van der Waals surface area contributed by atoms with Crippen LogP contribution in [0.4, 0.5) is 5.69 Å². The van der Waals surface area contributed by atoms with Crippen LogP contribution in [-0.4, -0.2) is 10.7 Å². The number of para-hydroxylation sites is 1. The molecule has 0 saturated heterocycles. The molecule has 1 aliphatic rings. The standard InChI is InChI=1S/C32H32N2S/c1-21(2)25-17-11-18-26(22(3)4)31(25)34-30(24-13-6-5-7-14-24)32-33-29(20-35-32)28-19-10-15-23-12-8-9-16-27(23)28/h5-8,10-15,17-22H,9,16H2,1-4H3/b34-30+. The molecule has 0 N–H and O–H groups in total. The van der Waals surface area contributed by atoms with E-state index >= 15 is 0 Å². The maximum absolute atomic E-state index is 5.39. The van der Waals surface area contributed by atoms with Gasteiger partial charge in [-0.1, -0.05) is 107 Å². The summed E-state index contributed by atoms with van der Waals surface area (Å²) in [4.78, 5) is 10.6. The summed E-state index contributed by atoms with van der Waals surface area (Å²) in [5.74, 6) is 0.778. The van der Waals surface area contributed by atoms with Gasteiger partial charge in [0, 0.05) is 16.5 Å². The molecule has 2 nitrogen and oxygen atoms in total. The molecule has 3 heteroatoms. The minimum Gasteiger partial charge on any atom is -0.245 e. The van der Waals surface area contributed by atoms with Crippen molar-refractivity contribution < 1.29 is 0 Å². The number of thiazole rings is 1. The van der Waals surface area contributed by atoms with Crippen LogP contribution in [0.3, 0.4) is 0 Å². The van der Waals surface area contributed by atoms with Gasteiger partial charge in [0.25, 0.3) is 0 Å². The van der Waals surface area contributed by atoms with Crippen LogP contribution in [0.25, 0.3) is 17.3 Å². The fourth-order valence-corrected chi connectivity index (χ4v) is 5.64. The molecule has 1 aromatic heterocycles. The van der Waals surface area contributed by atoms with Crippen molar-refractivity contribution in [3.05, 3.63) is 111 Å². The topological polar surface area (TPSA) is 25.2 Å². The van der Waals surface area contributed by atoms with Gasteiger partial charge in [0.15, 0.2) is 0 Å². The smallest absolute Gasteiger partial charge is 0.143 e. The summed E-state index contributed by atoms with van der Waals surface area (Å²) in [5, 5.41) is 3.16. The molecule has 0 atom stereocenters. The summed E-state index contributed by atoms with van der Waals surface area (Å²) in [6, 6.07) is 23.7. The average Bonchev–Trinajstić information content (AvgIpc) is 3.37. The van der Waals surface area contributed by atoms with Gasteiger partial charge < -0.3 is 0 Å². The predicted octanol–water partition coefficient (Wildman–Crippen LogP) is 9.19. The van der Waals surface area contributed by atoms with E-state index in [0.717, 1.165) is 40.5 Å². The summed E-state index contributed by atoms with van der Waals surface area (Å²) in [5.41, 5.74) is 10.7. The van der Waals surface area contributed by atoms with Gasteiger partial charge in [0.1, 0.15) is 10.7 Å². The number of allylic oxidation sites excluding steroid dienone is 1. The highest BCUT2D eigenvalue weighted by molar-refractivity contribution is 7.12. The van der Waals surface area contributed by atoms with Gasteiger partial charge in [0.05, 0.1) is 11.4 Å². The Morgan fingerprint density at radius 3 is 2.29 bits per heavy atom. The SMILES string of the molecule is CC(C)c1cccc(C(C)C)c1/N=C(\c1ccccc1)c1nc(-c2cccc3c2CCC=C3)cs1. The molecule has 0 aliphatic heterocycles. The van der Waals surface area contributed by atoms with Gasteiger partial charge in [-0.05, 0) is 46.9 Å². The molecule has 0 unspecified atom stereocenters. The van der Waals surface area contributed by atoms with Crippen molar-refractivity contribution in [3.8, 4) is 11.3 Å². The number of benzene rings is 3. The fourth-order valence-electron chi connectivity index (χ4n) is 4.81. The monoisotopic (exact) mass is 476 g/mol. The maximum Gasteiger partial charge on any atom is 0.143 e. The van der Waals surface area contributed by atoms with E-state index in [2.05, 4.69) is 112 Å². The molecular formula is C32H32N2S. The zero-order chi connectivity index (χ0) is 24.4. The Kier molecular flexibility index (Phi) is 6.79. The number of nitrogens with zero attached hydrogens (tertiary/aromatic N) is 2. The third kappa shape index (κ3) is 4.78. The number of aliphatic imine (C=N–C) groups is 1. The summed E-state index contributed by atoms with van der Waals surface area (Å²) in [6.45, 7) is 8.98. The van der Waals surface area contributed by atoms with E-state index in [0.29, 0.717) is 11.8 Å². The second-order valence-corrected chi connectivity index (χ2v) is 10.6. The number of hydrogen-bond acceptors (Lipinski definition) is 3. The lowest BCUT2D eigenvalue weighted by molar-refractivity contribution is 0.834. The number of rotatable bonds is 6. The van der Waals surface area contributed by atoms with Crippen LogP contribution in [0.1, 0.15) is 78.8 Å². The second kappa shape index (κ2) is 10.1. The van der Waals surface area contributed by atoms with Gasteiger partial charge in [-0.25, -0.2) is 9.98 Å². The van der Waals surface area contributed by atoms with Crippen LogP contribution in [0, 0.1) is 0 Å². The van der Waals surface area contributed by atoms with Crippen molar-refractivity contribution in [2.24, 2.45) is 4.99 Å². The van der Waals surface area contributed by atoms with Crippen LogP contribution in [-0.2, 0) is 6.42 Å². The summed E-state index contributed by atoms with van der Waals surface area (Å²) < 4.78 is 0. The first-order chi connectivity index (χ1) is 17.0. The lowest BCUT2D eigenvalue weighted by atomic mass is 9.92. The van der Waals surface area contributed by atoms with Crippen molar-refractivity contribution in [2.75, 3.05) is 0 Å². The van der Waals surface area contributed by atoms with E-state index < -0.39 is 0 Å². The maximum atomic E-state index is 5.39. The number of fused-ring (bicyclic) bond motifs is 1. The Labute approximate surface area is 213 Å². The Bertz CT molecular complexity index is 1360. The first kappa shape index (κ1) is 23.4. The van der Waals surface area contributed by atoms with Gasteiger partial charge in [-0.3, -0.25) is 0 Å². The fraction of sp³-hybridized carbons (Fsp3) is 0.250. The summed E-state index contributed by atoms with van der Waals surface area (Å²) in [6.07, 6.45) is 6.65. The third-order valence-electron chi connectivity index (χ3n) is 6.67. The minimum absolute atomic E-state index is 0.389. The Balaban J connectivity index is 1.68. The molecule has 3 aromatic carbocycles. The van der Waals surface area contributed by atoms with Crippen molar-refractivity contribution in [1.82, 2.24) is 4.98 Å². The summed E-state index contributed by atoms with van der Waals surface area (Å²) in [7, 11) is 0. The average molecular weight is 477 g/mol. The first-order valence-corrected chi connectivity index (χ1v) is 13.4. The van der Waals surface area contributed by atoms with Gasteiger partial charge in [-0.15, -0.1) is 11.3 Å². The molecule has 1 heterocycles. The van der Waals surface area contributed by atoms with Crippen LogP contribution in [0.2, 0.25) is 0 Å². The number of hydrogen-bond donors (Lipinski definition) is 0. The van der Waals surface area contributed by atoms with Crippen molar-refractivity contribution in [3.63, 3.8) is 0 Å². The van der Waals surface area contributed by atoms with E-state index in [1.54, 1.807) is 11.3 Å². The van der Waals surface area contributed by atoms with E-state index in [9.17, 15) is 0 Å². The zero-order valence-corrected chi connectivity index (χ0v) is 21.8.